The van der Waals surface area contributed by atoms with E-state index < -0.39 is 0 Å². The van der Waals surface area contributed by atoms with Crippen molar-refractivity contribution in [1.29, 1.82) is 0 Å². The first-order chi connectivity index (χ1) is 7.74. The summed E-state index contributed by atoms with van der Waals surface area (Å²) in [5.41, 5.74) is 0. The van der Waals surface area contributed by atoms with Gasteiger partial charge in [0.25, 0.3) is 0 Å². The Morgan fingerprint density at radius 3 is 2.75 bits per heavy atom. The van der Waals surface area contributed by atoms with E-state index in [2.05, 4.69) is 12.2 Å². The van der Waals surface area contributed by atoms with E-state index in [1.807, 2.05) is 0 Å². The van der Waals surface area contributed by atoms with Crippen LogP contribution in [0.4, 0.5) is 0 Å². The lowest BCUT2D eigenvalue weighted by molar-refractivity contribution is 0.126. The van der Waals surface area contributed by atoms with Gasteiger partial charge in [0.15, 0.2) is 0 Å². The second-order valence-corrected chi connectivity index (χ2v) is 5.12. The van der Waals surface area contributed by atoms with Gasteiger partial charge in [-0.2, -0.15) is 0 Å². The zero-order valence-corrected chi connectivity index (χ0v) is 10.5. The summed E-state index contributed by atoms with van der Waals surface area (Å²) in [5.74, 6) is 0.551. The SMILES string of the molecule is CC(CCCO)NCCCC1CCCC1O. The molecule has 0 aromatic carbocycles. The van der Waals surface area contributed by atoms with Crippen LogP contribution in [0.2, 0.25) is 0 Å². The Bertz CT molecular complexity index is 175. The largest absolute Gasteiger partial charge is 0.396 e. The van der Waals surface area contributed by atoms with E-state index >= 15 is 0 Å². The number of aliphatic hydroxyl groups excluding tert-OH is 2. The van der Waals surface area contributed by atoms with E-state index in [1.54, 1.807) is 0 Å². The zero-order valence-electron chi connectivity index (χ0n) is 10.5. The van der Waals surface area contributed by atoms with Crippen molar-refractivity contribution >= 4 is 0 Å². The number of hydrogen-bond donors (Lipinski definition) is 3. The molecule has 0 amide bonds. The highest BCUT2D eigenvalue weighted by Crippen LogP contribution is 2.28. The molecule has 0 aromatic rings. The van der Waals surface area contributed by atoms with Gasteiger partial charge in [-0.15, -0.1) is 0 Å². The average molecular weight is 229 g/mol. The number of rotatable bonds is 8. The van der Waals surface area contributed by atoms with Crippen LogP contribution in [0, 0.1) is 5.92 Å². The molecule has 0 radical (unpaired) electrons. The second kappa shape index (κ2) is 8.04. The normalized spacial score (nSPS) is 27.2. The van der Waals surface area contributed by atoms with Crippen LogP contribution < -0.4 is 5.32 Å². The Morgan fingerprint density at radius 2 is 2.12 bits per heavy atom. The van der Waals surface area contributed by atoms with Crippen molar-refractivity contribution in [3.8, 4) is 0 Å². The minimum Gasteiger partial charge on any atom is -0.396 e. The number of hydrogen-bond acceptors (Lipinski definition) is 3. The summed E-state index contributed by atoms with van der Waals surface area (Å²) in [6.45, 7) is 3.50. The summed E-state index contributed by atoms with van der Waals surface area (Å²) in [5, 5.41) is 21.8. The summed E-state index contributed by atoms with van der Waals surface area (Å²) in [6, 6.07) is 0.501. The minimum atomic E-state index is -0.0354. The smallest absolute Gasteiger partial charge is 0.0568 e. The van der Waals surface area contributed by atoms with Gasteiger partial charge in [0.2, 0.25) is 0 Å². The first-order valence-corrected chi connectivity index (χ1v) is 6.76. The highest BCUT2D eigenvalue weighted by molar-refractivity contribution is 4.76. The molecule has 3 unspecified atom stereocenters. The molecule has 3 N–H and O–H groups in total. The van der Waals surface area contributed by atoms with Gasteiger partial charge in [-0.05, 0) is 57.9 Å². The molecule has 1 saturated carbocycles. The predicted octanol–water partition coefficient (Wildman–Crippen LogP) is 1.68. The van der Waals surface area contributed by atoms with Gasteiger partial charge in [-0.25, -0.2) is 0 Å². The Hall–Kier alpha value is -0.120. The molecular weight excluding hydrogens is 202 g/mol. The lowest BCUT2D eigenvalue weighted by Crippen LogP contribution is -2.27. The van der Waals surface area contributed by atoms with Gasteiger partial charge >= 0.3 is 0 Å². The third kappa shape index (κ3) is 5.28. The van der Waals surface area contributed by atoms with Crippen LogP contribution in [-0.2, 0) is 0 Å². The Kier molecular flexibility index (Phi) is 7.01. The van der Waals surface area contributed by atoms with E-state index in [0.717, 1.165) is 38.6 Å². The third-order valence-corrected chi connectivity index (χ3v) is 3.66. The van der Waals surface area contributed by atoms with E-state index in [0.29, 0.717) is 18.6 Å². The number of nitrogens with one attached hydrogen (secondary N) is 1. The lowest BCUT2D eigenvalue weighted by Gasteiger charge is -2.16. The molecule has 3 atom stereocenters. The minimum absolute atomic E-state index is 0.0354. The predicted molar refractivity (Wildman–Crippen MR) is 66.4 cm³/mol. The molecular formula is C13H27NO2. The van der Waals surface area contributed by atoms with E-state index in [-0.39, 0.29) is 6.10 Å². The topological polar surface area (TPSA) is 52.5 Å². The molecule has 1 aliphatic carbocycles. The quantitative estimate of drug-likeness (QED) is 0.555. The van der Waals surface area contributed by atoms with Gasteiger partial charge < -0.3 is 15.5 Å². The molecule has 0 spiro atoms. The fraction of sp³-hybridized carbons (Fsp3) is 1.00. The van der Waals surface area contributed by atoms with Crippen LogP contribution in [0.25, 0.3) is 0 Å². The van der Waals surface area contributed by atoms with Crippen molar-refractivity contribution < 1.29 is 10.2 Å². The molecule has 16 heavy (non-hydrogen) atoms. The van der Waals surface area contributed by atoms with E-state index in [4.69, 9.17) is 5.11 Å². The molecule has 96 valence electrons. The summed E-state index contributed by atoms with van der Waals surface area (Å²) >= 11 is 0. The molecule has 0 bridgehead atoms. The summed E-state index contributed by atoms with van der Waals surface area (Å²) in [7, 11) is 0. The maximum atomic E-state index is 9.67. The molecule has 0 heterocycles. The van der Waals surface area contributed by atoms with Crippen molar-refractivity contribution in [2.45, 2.75) is 64.0 Å². The molecule has 0 saturated heterocycles. The van der Waals surface area contributed by atoms with Crippen molar-refractivity contribution in [2.24, 2.45) is 5.92 Å². The highest BCUT2D eigenvalue weighted by atomic mass is 16.3. The van der Waals surface area contributed by atoms with Crippen LogP contribution in [0.15, 0.2) is 0 Å². The van der Waals surface area contributed by atoms with Gasteiger partial charge in [0.05, 0.1) is 6.10 Å². The second-order valence-electron chi connectivity index (χ2n) is 5.12. The van der Waals surface area contributed by atoms with Crippen molar-refractivity contribution in [3.05, 3.63) is 0 Å². The number of aliphatic hydroxyl groups is 2. The van der Waals surface area contributed by atoms with Crippen LogP contribution >= 0.6 is 0 Å². The van der Waals surface area contributed by atoms with Gasteiger partial charge in [-0.3, -0.25) is 0 Å². The lowest BCUT2D eigenvalue weighted by atomic mass is 9.99. The molecule has 3 nitrogen and oxygen atoms in total. The fourth-order valence-electron chi connectivity index (χ4n) is 2.57. The Morgan fingerprint density at radius 1 is 1.31 bits per heavy atom. The molecule has 1 rings (SSSR count). The van der Waals surface area contributed by atoms with Crippen molar-refractivity contribution in [3.63, 3.8) is 0 Å². The van der Waals surface area contributed by atoms with Crippen LogP contribution in [0.1, 0.15) is 51.9 Å². The molecule has 3 heteroatoms. The van der Waals surface area contributed by atoms with Crippen molar-refractivity contribution in [2.75, 3.05) is 13.2 Å². The maximum absolute atomic E-state index is 9.67. The maximum Gasteiger partial charge on any atom is 0.0568 e. The van der Waals surface area contributed by atoms with Crippen LogP contribution in [0.5, 0.6) is 0 Å². The van der Waals surface area contributed by atoms with Crippen LogP contribution in [0.3, 0.4) is 0 Å². The molecule has 1 aliphatic rings. The van der Waals surface area contributed by atoms with Crippen LogP contribution in [-0.4, -0.2) is 35.5 Å². The highest BCUT2D eigenvalue weighted by Gasteiger charge is 2.24. The van der Waals surface area contributed by atoms with E-state index in [9.17, 15) is 5.11 Å². The van der Waals surface area contributed by atoms with E-state index in [1.165, 1.54) is 12.8 Å². The standard InChI is InChI=1S/C13H27NO2/c1-11(5-4-10-15)14-9-3-7-12-6-2-8-13(12)16/h11-16H,2-10H2,1H3. The first kappa shape index (κ1) is 13.9. The van der Waals surface area contributed by atoms with Gasteiger partial charge in [-0.1, -0.05) is 6.42 Å². The molecule has 1 fully saturated rings. The summed E-state index contributed by atoms with van der Waals surface area (Å²) in [4.78, 5) is 0. The first-order valence-electron chi connectivity index (χ1n) is 6.76. The fourth-order valence-corrected chi connectivity index (χ4v) is 2.57. The van der Waals surface area contributed by atoms with Gasteiger partial charge in [0, 0.05) is 12.6 Å². The Balaban J connectivity index is 1.94. The Labute approximate surface area is 99.3 Å². The molecule has 0 aromatic heterocycles. The van der Waals surface area contributed by atoms with Crippen molar-refractivity contribution in [1.82, 2.24) is 5.32 Å². The zero-order chi connectivity index (χ0) is 11.8. The monoisotopic (exact) mass is 229 g/mol. The third-order valence-electron chi connectivity index (χ3n) is 3.66. The molecule has 0 aliphatic heterocycles. The summed E-state index contributed by atoms with van der Waals surface area (Å²) in [6.07, 6.45) is 7.62. The summed E-state index contributed by atoms with van der Waals surface area (Å²) < 4.78 is 0. The average Bonchev–Trinajstić information content (AvgIpc) is 2.67. The van der Waals surface area contributed by atoms with Gasteiger partial charge in [0.1, 0.15) is 0 Å².